The molecule has 3 aromatic rings. The minimum atomic E-state index is -1.53. The van der Waals surface area contributed by atoms with Crippen LogP contribution in [-0.4, -0.2) is 0 Å². The van der Waals surface area contributed by atoms with E-state index in [9.17, 15) is 26.3 Å². The quantitative estimate of drug-likeness (QED) is 0.158. The highest BCUT2D eigenvalue weighted by Crippen LogP contribution is 2.40. The molecule has 0 N–H and O–H groups in total. The van der Waals surface area contributed by atoms with Crippen LogP contribution in [-0.2, 0) is 0 Å². The second-order valence-electron chi connectivity index (χ2n) is 8.26. The monoisotopic (exact) mass is 458 g/mol. The lowest BCUT2D eigenvalue weighted by Gasteiger charge is -2.28. The molecule has 1 saturated carbocycles. The first-order valence-electron chi connectivity index (χ1n) is 10.7. The summed E-state index contributed by atoms with van der Waals surface area (Å²) in [4.78, 5) is 0. The summed E-state index contributed by atoms with van der Waals surface area (Å²) in [5.74, 6) is -3.63. The molecule has 6 heteroatoms. The standard InChI is InChI=1S/C27H20F6/c1-2-3-15-4-8-17(9-5-15)23-26(32)24(30)20(25(31)27(23)33)11-7-16-6-10-18-13-21(28)22(29)14-19(18)12-16/h2-3,6,10,12-15,17H,4-5,8-9H2,1H3/b3-2+. The van der Waals surface area contributed by atoms with Crippen molar-refractivity contribution in [2.45, 2.75) is 38.5 Å². The highest BCUT2D eigenvalue weighted by molar-refractivity contribution is 5.84. The maximum Gasteiger partial charge on any atom is 0.177 e. The summed E-state index contributed by atoms with van der Waals surface area (Å²) in [7, 11) is 0. The van der Waals surface area contributed by atoms with Crippen LogP contribution in [0.1, 0.15) is 55.2 Å². The van der Waals surface area contributed by atoms with Gasteiger partial charge in [-0.1, -0.05) is 30.1 Å². The van der Waals surface area contributed by atoms with Crippen molar-refractivity contribution >= 4 is 10.8 Å². The lowest BCUT2D eigenvalue weighted by atomic mass is 9.78. The fourth-order valence-electron chi connectivity index (χ4n) is 4.44. The van der Waals surface area contributed by atoms with Gasteiger partial charge in [0.05, 0.1) is 0 Å². The molecule has 0 saturated heterocycles. The van der Waals surface area contributed by atoms with E-state index in [1.807, 2.05) is 19.1 Å². The zero-order chi connectivity index (χ0) is 23.7. The molecule has 0 spiro atoms. The van der Waals surface area contributed by atoms with Gasteiger partial charge < -0.3 is 0 Å². The third kappa shape index (κ3) is 4.50. The van der Waals surface area contributed by atoms with Crippen molar-refractivity contribution in [2.75, 3.05) is 0 Å². The van der Waals surface area contributed by atoms with Crippen LogP contribution in [0.15, 0.2) is 42.5 Å². The molecule has 0 aliphatic heterocycles. The number of halogens is 6. The molecule has 1 fully saturated rings. The average Bonchev–Trinajstić information content (AvgIpc) is 2.80. The molecule has 0 heterocycles. The first-order valence-corrected chi connectivity index (χ1v) is 10.7. The van der Waals surface area contributed by atoms with Crippen molar-refractivity contribution in [1.29, 1.82) is 0 Å². The normalized spacial score (nSPS) is 18.5. The summed E-state index contributed by atoms with van der Waals surface area (Å²) >= 11 is 0. The van der Waals surface area contributed by atoms with Gasteiger partial charge in [-0.2, -0.15) is 0 Å². The Labute approximate surface area is 187 Å². The van der Waals surface area contributed by atoms with Crippen molar-refractivity contribution in [1.82, 2.24) is 0 Å². The molecule has 0 unspecified atom stereocenters. The molecule has 1 aliphatic rings. The van der Waals surface area contributed by atoms with Gasteiger partial charge in [-0.15, -0.1) is 0 Å². The molecule has 0 atom stereocenters. The Morgan fingerprint density at radius 3 is 1.94 bits per heavy atom. The number of fused-ring (bicyclic) bond motifs is 1. The van der Waals surface area contributed by atoms with Crippen LogP contribution in [0.25, 0.3) is 10.8 Å². The first-order chi connectivity index (χ1) is 15.8. The van der Waals surface area contributed by atoms with Crippen LogP contribution in [0, 0.1) is 52.7 Å². The number of rotatable bonds is 2. The van der Waals surface area contributed by atoms with Gasteiger partial charge in [0, 0.05) is 11.1 Å². The Morgan fingerprint density at radius 1 is 0.727 bits per heavy atom. The highest BCUT2D eigenvalue weighted by atomic mass is 19.2. The van der Waals surface area contributed by atoms with Crippen molar-refractivity contribution in [3.05, 3.63) is 94.1 Å². The number of hydrogen-bond acceptors (Lipinski definition) is 0. The van der Waals surface area contributed by atoms with Crippen molar-refractivity contribution in [3.63, 3.8) is 0 Å². The smallest absolute Gasteiger partial charge is 0.177 e. The summed E-state index contributed by atoms with van der Waals surface area (Å²) in [6, 6.07) is 6.27. The summed E-state index contributed by atoms with van der Waals surface area (Å²) in [5.41, 5.74) is -1.33. The lowest BCUT2D eigenvalue weighted by Crippen LogP contribution is -2.17. The lowest BCUT2D eigenvalue weighted by molar-refractivity contribution is 0.345. The Balaban J connectivity index is 1.67. The van der Waals surface area contributed by atoms with E-state index in [2.05, 4.69) is 11.8 Å². The van der Waals surface area contributed by atoms with E-state index >= 15 is 0 Å². The van der Waals surface area contributed by atoms with E-state index in [4.69, 9.17) is 0 Å². The fraction of sp³-hybridized carbons (Fsp3) is 0.259. The number of benzene rings is 3. The van der Waals surface area contributed by atoms with E-state index in [1.54, 1.807) is 0 Å². The van der Waals surface area contributed by atoms with Crippen molar-refractivity contribution in [3.8, 4) is 11.8 Å². The van der Waals surface area contributed by atoms with Crippen LogP contribution in [0.5, 0.6) is 0 Å². The van der Waals surface area contributed by atoms with Crippen LogP contribution in [0.3, 0.4) is 0 Å². The molecule has 1 aliphatic carbocycles. The molecule has 0 amide bonds. The molecule has 0 aromatic heterocycles. The fourth-order valence-corrected chi connectivity index (χ4v) is 4.44. The van der Waals surface area contributed by atoms with Crippen molar-refractivity contribution in [2.24, 2.45) is 5.92 Å². The van der Waals surface area contributed by atoms with E-state index in [-0.39, 0.29) is 5.56 Å². The molecular weight excluding hydrogens is 438 g/mol. The first kappa shape index (κ1) is 23.0. The van der Waals surface area contributed by atoms with Gasteiger partial charge in [0.2, 0.25) is 0 Å². The predicted molar refractivity (Wildman–Crippen MR) is 116 cm³/mol. The SMILES string of the molecule is C/C=C/C1CCC(c2c(F)c(F)c(C#Cc3ccc4cc(F)c(F)cc4c3)c(F)c2F)CC1. The molecule has 4 rings (SSSR count). The second-order valence-corrected chi connectivity index (χ2v) is 8.26. The zero-order valence-corrected chi connectivity index (χ0v) is 17.8. The van der Waals surface area contributed by atoms with Gasteiger partial charge in [-0.05, 0) is 79.5 Å². The third-order valence-electron chi connectivity index (χ3n) is 6.15. The van der Waals surface area contributed by atoms with Gasteiger partial charge >= 0.3 is 0 Å². The number of hydrogen-bond donors (Lipinski definition) is 0. The maximum absolute atomic E-state index is 14.8. The Hall–Kier alpha value is -3.20. The summed E-state index contributed by atoms with van der Waals surface area (Å²) in [6.45, 7) is 1.89. The highest BCUT2D eigenvalue weighted by Gasteiger charge is 2.31. The Bertz CT molecular complexity index is 1270. The van der Waals surface area contributed by atoms with Crippen LogP contribution >= 0.6 is 0 Å². The van der Waals surface area contributed by atoms with Crippen LogP contribution in [0.4, 0.5) is 26.3 Å². The van der Waals surface area contributed by atoms with Crippen molar-refractivity contribution < 1.29 is 26.3 Å². The largest absolute Gasteiger partial charge is 0.204 e. The molecule has 0 nitrogen and oxygen atoms in total. The minimum Gasteiger partial charge on any atom is -0.204 e. The van der Waals surface area contributed by atoms with Gasteiger partial charge in [0.15, 0.2) is 34.9 Å². The maximum atomic E-state index is 14.8. The van der Waals surface area contributed by atoms with E-state index < -0.39 is 51.9 Å². The second kappa shape index (κ2) is 9.35. The third-order valence-corrected chi connectivity index (χ3v) is 6.15. The predicted octanol–water partition coefficient (Wildman–Crippen LogP) is 7.92. The van der Waals surface area contributed by atoms with Gasteiger partial charge in [0.1, 0.15) is 5.56 Å². The molecule has 3 aromatic carbocycles. The number of allylic oxidation sites excluding steroid dienone is 2. The Kier molecular flexibility index (Phi) is 6.51. The topological polar surface area (TPSA) is 0 Å². The molecule has 33 heavy (non-hydrogen) atoms. The molecule has 170 valence electrons. The summed E-state index contributed by atoms with van der Waals surface area (Å²) in [5, 5.41) is 0.727. The van der Waals surface area contributed by atoms with Gasteiger partial charge in [0.25, 0.3) is 0 Å². The molecular formula is C27H20F6. The summed E-state index contributed by atoms with van der Waals surface area (Å²) in [6.07, 6.45) is 6.18. The van der Waals surface area contributed by atoms with Crippen LogP contribution in [0.2, 0.25) is 0 Å². The minimum absolute atomic E-state index is 0.222. The summed E-state index contributed by atoms with van der Waals surface area (Å²) < 4.78 is 85.9. The molecule has 0 bridgehead atoms. The van der Waals surface area contributed by atoms with Gasteiger partial charge in [-0.25, -0.2) is 26.3 Å². The van der Waals surface area contributed by atoms with Crippen LogP contribution < -0.4 is 0 Å². The van der Waals surface area contributed by atoms with E-state index in [0.29, 0.717) is 42.4 Å². The zero-order valence-electron chi connectivity index (χ0n) is 17.8. The van der Waals surface area contributed by atoms with E-state index in [0.717, 1.165) is 12.1 Å². The Morgan fingerprint density at radius 2 is 1.33 bits per heavy atom. The van der Waals surface area contributed by atoms with Gasteiger partial charge in [-0.3, -0.25) is 0 Å². The average molecular weight is 458 g/mol. The molecule has 0 radical (unpaired) electrons. The van der Waals surface area contributed by atoms with E-state index in [1.165, 1.54) is 18.2 Å².